The molecule has 72 valence electrons. The predicted molar refractivity (Wildman–Crippen MR) is 52.9 cm³/mol. The van der Waals surface area contributed by atoms with Crippen LogP contribution in [0.1, 0.15) is 23.6 Å². The van der Waals surface area contributed by atoms with Gasteiger partial charge in [-0.1, -0.05) is 18.2 Å². The molecule has 0 radical (unpaired) electrons. The van der Waals surface area contributed by atoms with Crippen LogP contribution in [-0.4, -0.2) is 0 Å². The summed E-state index contributed by atoms with van der Waals surface area (Å²) in [5.74, 6) is -0.524. The van der Waals surface area contributed by atoms with Crippen LogP contribution in [0, 0.1) is 17.1 Å². The van der Waals surface area contributed by atoms with E-state index in [2.05, 4.69) is 6.58 Å². The smallest absolute Gasteiger partial charge is 0.141 e. The average molecular weight is 190 g/mol. The summed E-state index contributed by atoms with van der Waals surface area (Å²) in [6.07, 6.45) is 2.18. The summed E-state index contributed by atoms with van der Waals surface area (Å²) in [4.78, 5) is 0. The molecule has 0 saturated heterocycles. The van der Waals surface area contributed by atoms with Crippen LogP contribution >= 0.6 is 0 Å². The lowest BCUT2D eigenvalue weighted by Gasteiger charge is -2.11. The molecule has 0 aliphatic heterocycles. The third-order valence-corrected chi connectivity index (χ3v) is 1.98. The highest BCUT2D eigenvalue weighted by Gasteiger charge is 2.12. The van der Waals surface area contributed by atoms with E-state index in [1.807, 2.05) is 6.07 Å². The van der Waals surface area contributed by atoms with Gasteiger partial charge in [0.1, 0.15) is 11.9 Å². The van der Waals surface area contributed by atoms with Gasteiger partial charge in [-0.15, -0.1) is 6.58 Å². The zero-order valence-electron chi connectivity index (χ0n) is 7.70. The van der Waals surface area contributed by atoms with E-state index in [-0.39, 0.29) is 11.6 Å². The molecule has 0 saturated carbocycles. The molecule has 3 heteroatoms. The molecule has 1 rings (SSSR count). The fraction of sp³-hybridized carbons (Fsp3) is 0.182. The van der Waals surface area contributed by atoms with Crippen molar-refractivity contribution in [2.75, 3.05) is 0 Å². The summed E-state index contributed by atoms with van der Waals surface area (Å²) in [5, 5.41) is 8.74. The molecule has 1 unspecified atom stereocenters. The van der Waals surface area contributed by atoms with Gasteiger partial charge in [-0.2, -0.15) is 5.26 Å². The minimum Gasteiger partial charge on any atom is -0.324 e. The Balaban J connectivity index is 3.14. The second kappa shape index (κ2) is 4.54. The second-order valence-electron chi connectivity index (χ2n) is 2.95. The van der Waals surface area contributed by atoms with Crippen molar-refractivity contribution in [3.8, 4) is 6.07 Å². The molecule has 1 aromatic carbocycles. The van der Waals surface area contributed by atoms with Crippen LogP contribution < -0.4 is 5.73 Å². The molecule has 1 aromatic rings. The van der Waals surface area contributed by atoms with Crippen LogP contribution in [0.5, 0.6) is 0 Å². The van der Waals surface area contributed by atoms with Crippen molar-refractivity contribution in [3.05, 3.63) is 47.8 Å². The van der Waals surface area contributed by atoms with E-state index in [0.29, 0.717) is 12.0 Å². The molecule has 0 aromatic heterocycles. The maximum atomic E-state index is 13.1. The predicted octanol–water partition coefficient (Wildman–Crippen LogP) is 2.27. The van der Waals surface area contributed by atoms with Gasteiger partial charge in [0, 0.05) is 6.04 Å². The Morgan fingerprint density at radius 2 is 2.36 bits per heavy atom. The Bertz CT molecular complexity index is 379. The molecular weight excluding hydrogens is 179 g/mol. The van der Waals surface area contributed by atoms with Gasteiger partial charge < -0.3 is 5.73 Å². The lowest BCUT2D eigenvalue weighted by Crippen LogP contribution is -2.11. The molecule has 0 aliphatic rings. The number of nitriles is 1. The molecule has 0 heterocycles. The Kier molecular flexibility index (Phi) is 3.38. The highest BCUT2D eigenvalue weighted by molar-refractivity contribution is 5.40. The van der Waals surface area contributed by atoms with Gasteiger partial charge in [-0.25, -0.2) is 4.39 Å². The highest BCUT2D eigenvalue weighted by atomic mass is 19.1. The van der Waals surface area contributed by atoms with Crippen molar-refractivity contribution >= 4 is 0 Å². The van der Waals surface area contributed by atoms with E-state index >= 15 is 0 Å². The molecule has 0 amide bonds. The minimum atomic E-state index is -0.524. The van der Waals surface area contributed by atoms with E-state index in [0.717, 1.165) is 0 Å². The van der Waals surface area contributed by atoms with Gasteiger partial charge in [-0.3, -0.25) is 0 Å². The zero-order valence-corrected chi connectivity index (χ0v) is 7.70. The second-order valence-corrected chi connectivity index (χ2v) is 2.95. The molecule has 14 heavy (non-hydrogen) atoms. The summed E-state index contributed by atoms with van der Waals surface area (Å²) in [6.45, 7) is 3.55. The summed E-state index contributed by atoms with van der Waals surface area (Å²) in [7, 11) is 0. The third kappa shape index (κ3) is 1.98. The van der Waals surface area contributed by atoms with Gasteiger partial charge in [0.05, 0.1) is 5.56 Å². The summed E-state index contributed by atoms with van der Waals surface area (Å²) in [5.41, 5.74) is 6.33. The Hall–Kier alpha value is -1.66. The minimum absolute atomic E-state index is 0.0295. The number of rotatable bonds is 3. The van der Waals surface area contributed by atoms with E-state index < -0.39 is 5.82 Å². The fourth-order valence-corrected chi connectivity index (χ4v) is 1.27. The summed E-state index contributed by atoms with van der Waals surface area (Å²) in [6, 6.07) is 5.92. The molecule has 0 aliphatic carbocycles. The van der Waals surface area contributed by atoms with E-state index in [1.165, 1.54) is 6.07 Å². The first kappa shape index (κ1) is 10.4. The van der Waals surface area contributed by atoms with Crippen LogP contribution in [0.4, 0.5) is 4.39 Å². The van der Waals surface area contributed by atoms with Crippen LogP contribution in [0.25, 0.3) is 0 Å². The normalized spacial score (nSPS) is 11.8. The van der Waals surface area contributed by atoms with Crippen molar-refractivity contribution in [3.63, 3.8) is 0 Å². The van der Waals surface area contributed by atoms with E-state index in [1.54, 1.807) is 18.2 Å². The number of hydrogen-bond acceptors (Lipinski definition) is 2. The van der Waals surface area contributed by atoms with Crippen LogP contribution in [-0.2, 0) is 0 Å². The molecular formula is C11H11FN2. The summed E-state index contributed by atoms with van der Waals surface area (Å²) < 4.78 is 13.1. The monoisotopic (exact) mass is 190 g/mol. The lowest BCUT2D eigenvalue weighted by atomic mass is 9.99. The Morgan fingerprint density at radius 1 is 1.64 bits per heavy atom. The van der Waals surface area contributed by atoms with Crippen molar-refractivity contribution in [1.82, 2.24) is 0 Å². The first-order valence-electron chi connectivity index (χ1n) is 4.25. The highest BCUT2D eigenvalue weighted by Crippen LogP contribution is 2.20. The summed E-state index contributed by atoms with van der Waals surface area (Å²) >= 11 is 0. The maximum Gasteiger partial charge on any atom is 0.141 e. The van der Waals surface area contributed by atoms with Gasteiger partial charge in [0.15, 0.2) is 0 Å². The number of nitrogens with zero attached hydrogens (tertiary/aromatic N) is 1. The first-order valence-corrected chi connectivity index (χ1v) is 4.25. The van der Waals surface area contributed by atoms with Gasteiger partial charge in [0.2, 0.25) is 0 Å². The largest absolute Gasteiger partial charge is 0.324 e. The van der Waals surface area contributed by atoms with E-state index in [4.69, 9.17) is 11.0 Å². The number of halogens is 1. The Morgan fingerprint density at radius 3 is 2.93 bits per heavy atom. The van der Waals surface area contributed by atoms with E-state index in [9.17, 15) is 4.39 Å². The zero-order chi connectivity index (χ0) is 10.6. The fourth-order valence-electron chi connectivity index (χ4n) is 1.27. The first-order chi connectivity index (χ1) is 6.70. The molecule has 0 fully saturated rings. The van der Waals surface area contributed by atoms with Crippen molar-refractivity contribution in [2.24, 2.45) is 5.73 Å². The Labute approximate surface area is 82.5 Å². The average Bonchev–Trinajstić information content (AvgIpc) is 2.17. The SMILES string of the molecule is C=CCC(N)c1cccc(F)c1C#N. The van der Waals surface area contributed by atoms with Gasteiger partial charge >= 0.3 is 0 Å². The van der Waals surface area contributed by atoms with Crippen molar-refractivity contribution in [1.29, 1.82) is 5.26 Å². The molecule has 0 spiro atoms. The number of nitrogens with two attached hydrogens (primary N) is 1. The quantitative estimate of drug-likeness (QED) is 0.743. The number of benzene rings is 1. The molecule has 2 nitrogen and oxygen atoms in total. The third-order valence-electron chi connectivity index (χ3n) is 1.98. The molecule has 0 bridgehead atoms. The van der Waals surface area contributed by atoms with Gasteiger partial charge in [0.25, 0.3) is 0 Å². The lowest BCUT2D eigenvalue weighted by molar-refractivity contribution is 0.615. The molecule has 2 N–H and O–H groups in total. The van der Waals surface area contributed by atoms with Crippen molar-refractivity contribution in [2.45, 2.75) is 12.5 Å². The van der Waals surface area contributed by atoms with Gasteiger partial charge in [-0.05, 0) is 18.1 Å². The molecule has 1 atom stereocenters. The maximum absolute atomic E-state index is 13.1. The standard InChI is InChI=1S/C11H11FN2/c1-2-4-11(14)8-5-3-6-10(12)9(8)7-13/h2-3,5-6,11H,1,4,14H2. The van der Waals surface area contributed by atoms with Crippen LogP contribution in [0.2, 0.25) is 0 Å². The number of hydrogen-bond donors (Lipinski definition) is 1. The van der Waals surface area contributed by atoms with Crippen LogP contribution in [0.15, 0.2) is 30.9 Å². The van der Waals surface area contributed by atoms with Crippen molar-refractivity contribution < 1.29 is 4.39 Å². The van der Waals surface area contributed by atoms with Crippen LogP contribution in [0.3, 0.4) is 0 Å². The topological polar surface area (TPSA) is 49.8 Å².